The minimum atomic E-state index is -1.20. The van der Waals surface area contributed by atoms with E-state index in [1.807, 2.05) is 0 Å². The third-order valence-electron chi connectivity index (χ3n) is 3.14. The molecule has 0 aromatic rings. The standard InChI is InChI=1S/C17H31N3O6/c1-7-25-12(21)9-8-11(14(18)22)19-15(23)13(10(2)3)20-16(24)26-17(4,5)6/h10-11,13H,7-9H2,1-6H3,(H2,18,22)(H,19,23)(H,20,24)/t11-,13-/m0/s1/i/hD. The average Bonchev–Trinajstić information content (AvgIpc) is 2.49. The van der Waals surface area contributed by atoms with Crippen LogP contribution in [-0.2, 0) is 23.9 Å². The van der Waals surface area contributed by atoms with Gasteiger partial charge < -0.3 is 25.8 Å². The van der Waals surface area contributed by atoms with Crippen LogP contribution in [0, 0.1) is 5.92 Å². The maximum atomic E-state index is 12.6. The Labute approximate surface area is 155 Å². The first-order valence-electron chi connectivity index (χ1n) is 9.01. The van der Waals surface area contributed by atoms with E-state index >= 15 is 0 Å². The van der Waals surface area contributed by atoms with Crippen LogP contribution < -0.4 is 16.4 Å². The summed E-state index contributed by atoms with van der Waals surface area (Å²) < 4.78 is 17.8. The molecular formula is C17H31N3O6. The van der Waals surface area contributed by atoms with E-state index in [-0.39, 0.29) is 19.4 Å². The van der Waals surface area contributed by atoms with Crippen LogP contribution in [0.25, 0.3) is 0 Å². The molecule has 150 valence electrons. The Balaban J connectivity index is 5.14. The van der Waals surface area contributed by atoms with E-state index in [1.165, 1.54) is 0 Å². The van der Waals surface area contributed by atoms with Crippen molar-refractivity contribution in [3.8, 4) is 0 Å². The smallest absolute Gasteiger partial charge is 0.408 e. The molecule has 9 heteroatoms. The number of alkyl carbamates (subject to hydrolysis) is 1. The Morgan fingerprint density at radius 1 is 1.19 bits per heavy atom. The molecule has 4 N–H and O–H groups in total. The van der Waals surface area contributed by atoms with Gasteiger partial charge in [0.25, 0.3) is 0 Å². The molecule has 26 heavy (non-hydrogen) atoms. The van der Waals surface area contributed by atoms with Crippen molar-refractivity contribution < 1.29 is 30.1 Å². The Morgan fingerprint density at radius 2 is 1.77 bits per heavy atom. The summed E-state index contributed by atoms with van der Waals surface area (Å²) in [7, 11) is 0. The highest BCUT2D eigenvalue weighted by molar-refractivity contribution is 5.91. The first-order valence-corrected chi connectivity index (χ1v) is 8.56. The monoisotopic (exact) mass is 374 g/mol. The summed E-state index contributed by atoms with van der Waals surface area (Å²) in [5, 5.41) is 2.84. The van der Waals surface area contributed by atoms with Crippen LogP contribution in [-0.4, -0.2) is 48.2 Å². The van der Waals surface area contributed by atoms with Crippen molar-refractivity contribution in [1.82, 2.24) is 10.6 Å². The van der Waals surface area contributed by atoms with Crippen molar-refractivity contribution in [3.05, 3.63) is 0 Å². The molecule has 0 aliphatic rings. The van der Waals surface area contributed by atoms with Gasteiger partial charge in [-0.05, 0) is 40.0 Å². The van der Waals surface area contributed by atoms with E-state index in [9.17, 15) is 19.2 Å². The predicted octanol–water partition coefficient (Wildman–Crippen LogP) is 0.849. The van der Waals surface area contributed by atoms with Gasteiger partial charge in [0.15, 0.2) is 1.41 Å². The fraction of sp³-hybridized carbons (Fsp3) is 0.765. The Hall–Kier alpha value is -2.32. The number of nitrogens with two attached hydrogens (primary N) is 1. The summed E-state index contributed by atoms with van der Waals surface area (Å²) in [5.41, 5.74) is 4.45. The van der Waals surface area contributed by atoms with E-state index in [0.29, 0.717) is 5.31 Å². The lowest BCUT2D eigenvalue weighted by Gasteiger charge is -2.26. The molecule has 0 saturated heterocycles. The zero-order chi connectivity index (χ0) is 21.4. The van der Waals surface area contributed by atoms with Gasteiger partial charge in [-0.25, -0.2) is 4.79 Å². The highest BCUT2D eigenvalue weighted by Crippen LogP contribution is 2.09. The number of esters is 1. The summed E-state index contributed by atoms with van der Waals surface area (Å²) in [4.78, 5) is 47.7. The predicted molar refractivity (Wildman–Crippen MR) is 95.0 cm³/mol. The number of hydrogen-bond acceptors (Lipinski definition) is 6. The quantitative estimate of drug-likeness (QED) is 0.512. The van der Waals surface area contributed by atoms with Crippen molar-refractivity contribution in [1.29, 1.82) is 0 Å². The Bertz CT molecular complexity index is 547. The topological polar surface area (TPSA) is 137 Å². The molecule has 0 unspecified atom stereocenters. The fourth-order valence-corrected chi connectivity index (χ4v) is 1.95. The second-order valence-corrected chi connectivity index (χ2v) is 7.11. The molecule has 0 heterocycles. The zero-order valence-electron chi connectivity index (χ0n) is 17.3. The Kier molecular flexibility index (Phi) is 8.87. The number of amides is 3. The third-order valence-corrected chi connectivity index (χ3v) is 3.14. The van der Waals surface area contributed by atoms with E-state index in [4.69, 9.17) is 16.6 Å². The molecule has 0 rings (SSSR count). The molecule has 0 aromatic carbocycles. The number of carbonyl (C=O) groups excluding carboxylic acids is 4. The molecule has 0 aliphatic heterocycles. The van der Waals surface area contributed by atoms with Gasteiger partial charge in [0.05, 0.1) is 6.61 Å². The van der Waals surface area contributed by atoms with Crippen LogP contribution >= 0.6 is 0 Å². The van der Waals surface area contributed by atoms with Crippen LogP contribution in [0.15, 0.2) is 0 Å². The number of ether oxygens (including phenoxy) is 2. The van der Waals surface area contributed by atoms with Gasteiger partial charge in [0.2, 0.25) is 11.8 Å². The lowest BCUT2D eigenvalue weighted by molar-refractivity contribution is -0.143. The normalized spacial score (nSPS) is 14.0. The molecule has 0 saturated carbocycles. The maximum Gasteiger partial charge on any atom is 0.408 e. The highest BCUT2D eigenvalue weighted by Gasteiger charge is 2.29. The van der Waals surface area contributed by atoms with Gasteiger partial charge >= 0.3 is 12.1 Å². The van der Waals surface area contributed by atoms with Gasteiger partial charge in [-0.1, -0.05) is 13.8 Å². The van der Waals surface area contributed by atoms with Crippen molar-refractivity contribution in [2.75, 3.05) is 6.61 Å². The van der Waals surface area contributed by atoms with E-state index in [2.05, 4.69) is 5.32 Å². The summed E-state index contributed by atoms with van der Waals surface area (Å²) in [6.07, 6.45) is -1.14. The van der Waals surface area contributed by atoms with Crippen LogP contribution in [0.2, 0.25) is 1.41 Å². The molecule has 3 amide bonds. The van der Waals surface area contributed by atoms with Gasteiger partial charge in [-0.2, -0.15) is 0 Å². The Morgan fingerprint density at radius 3 is 2.19 bits per heavy atom. The second kappa shape index (κ2) is 10.6. The maximum absolute atomic E-state index is 12.6. The minimum Gasteiger partial charge on any atom is -0.466 e. The summed E-state index contributed by atoms with van der Waals surface area (Å²) in [6, 6.07) is -2.33. The molecule has 0 spiro atoms. The molecular weight excluding hydrogens is 342 g/mol. The molecule has 0 bridgehead atoms. The summed E-state index contributed by atoms with van der Waals surface area (Å²) in [5.74, 6) is -2.52. The van der Waals surface area contributed by atoms with Crippen LogP contribution in [0.5, 0.6) is 0 Å². The molecule has 0 aliphatic carbocycles. The van der Waals surface area contributed by atoms with Gasteiger partial charge in [-0.15, -0.1) is 0 Å². The lowest BCUT2D eigenvalue weighted by Crippen LogP contribution is -2.55. The van der Waals surface area contributed by atoms with Crippen LogP contribution in [0.4, 0.5) is 4.79 Å². The van der Waals surface area contributed by atoms with Crippen LogP contribution in [0.1, 0.15) is 54.4 Å². The van der Waals surface area contributed by atoms with E-state index in [1.54, 1.807) is 41.5 Å². The average molecular weight is 374 g/mol. The second-order valence-electron chi connectivity index (χ2n) is 7.11. The van der Waals surface area contributed by atoms with Gasteiger partial charge in [0, 0.05) is 6.42 Å². The molecule has 9 nitrogen and oxygen atoms in total. The molecule has 0 fully saturated rings. The number of carbonyl (C=O) groups is 4. The van der Waals surface area contributed by atoms with Crippen molar-refractivity contribution >= 4 is 23.9 Å². The van der Waals surface area contributed by atoms with Crippen molar-refractivity contribution in [2.45, 2.75) is 72.1 Å². The minimum absolute atomic E-state index is 0.0465. The van der Waals surface area contributed by atoms with Gasteiger partial charge in [-0.3, -0.25) is 14.4 Å². The zero-order valence-corrected chi connectivity index (χ0v) is 16.3. The van der Waals surface area contributed by atoms with Crippen molar-refractivity contribution in [3.63, 3.8) is 0 Å². The number of rotatable bonds is 9. The molecule has 0 aromatic heterocycles. The number of primary amides is 1. The molecule has 0 radical (unpaired) electrons. The van der Waals surface area contributed by atoms with E-state index in [0.717, 1.165) is 0 Å². The largest absolute Gasteiger partial charge is 0.466 e. The lowest BCUT2D eigenvalue weighted by atomic mass is 10.0. The SMILES string of the molecule is [2H]N(C(=O)OC(C)(C)C)[C@H](C(=O)N[C@@H](CCC(=O)OCC)C(N)=O)C(C)C. The van der Waals surface area contributed by atoms with Gasteiger partial charge in [0.1, 0.15) is 17.7 Å². The van der Waals surface area contributed by atoms with E-state index < -0.39 is 47.5 Å². The van der Waals surface area contributed by atoms with Crippen molar-refractivity contribution in [2.24, 2.45) is 11.7 Å². The number of nitrogens with one attached hydrogen (secondary N) is 2. The highest BCUT2D eigenvalue weighted by atomic mass is 16.6. The number of hydrogen-bond donors (Lipinski definition) is 3. The first-order chi connectivity index (χ1) is 12.3. The first kappa shape index (κ1) is 21.7. The fourth-order valence-electron chi connectivity index (χ4n) is 1.95. The van der Waals surface area contributed by atoms with Crippen LogP contribution in [0.3, 0.4) is 0 Å². The third kappa shape index (κ3) is 9.85. The molecule has 2 atom stereocenters. The summed E-state index contributed by atoms with van der Waals surface area (Å²) in [6.45, 7) is 10.1. The summed E-state index contributed by atoms with van der Waals surface area (Å²) >= 11 is 0.